The molecule has 0 aliphatic carbocycles. The lowest BCUT2D eigenvalue weighted by Gasteiger charge is -2.28. The molecule has 28 heavy (non-hydrogen) atoms. The van der Waals surface area contributed by atoms with Crippen molar-refractivity contribution in [2.45, 2.75) is 19.3 Å². The Morgan fingerprint density at radius 1 is 1.14 bits per heavy atom. The fraction of sp³-hybridized carbons (Fsp3) is 0.350. The number of nitro groups is 1. The van der Waals surface area contributed by atoms with E-state index in [4.69, 9.17) is 9.47 Å². The minimum atomic E-state index is -0.519. The Labute approximate surface area is 163 Å². The summed E-state index contributed by atoms with van der Waals surface area (Å²) in [6.07, 6.45) is 0. The van der Waals surface area contributed by atoms with Gasteiger partial charge in [0.15, 0.2) is 11.5 Å². The summed E-state index contributed by atoms with van der Waals surface area (Å²) in [7, 11) is 1.49. The van der Waals surface area contributed by atoms with Gasteiger partial charge in [-0.3, -0.25) is 14.9 Å². The van der Waals surface area contributed by atoms with Crippen molar-refractivity contribution in [1.29, 1.82) is 0 Å². The van der Waals surface area contributed by atoms with E-state index in [1.165, 1.54) is 19.2 Å². The van der Waals surface area contributed by atoms with Gasteiger partial charge < -0.3 is 20.1 Å². The zero-order valence-electron chi connectivity index (χ0n) is 16.1. The molecule has 8 nitrogen and oxygen atoms in total. The van der Waals surface area contributed by atoms with Gasteiger partial charge in [-0.25, -0.2) is 0 Å². The number of carbonyl (C=O) groups is 1. The number of carbonyl (C=O) groups excluding carboxylic acids is 1. The lowest BCUT2D eigenvalue weighted by molar-refractivity contribution is -0.384. The van der Waals surface area contributed by atoms with Crippen LogP contribution in [0, 0.1) is 10.1 Å². The first-order valence-electron chi connectivity index (χ1n) is 8.96. The Morgan fingerprint density at radius 3 is 2.54 bits per heavy atom. The highest BCUT2D eigenvalue weighted by molar-refractivity contribution is 6.00. The minimum Gasteiger partial charge on any atom is -0.486 e. The third-order valence-corrected chi connectivity index (χ3v) is 4.73. The number of hydrogen-bond donors (Lipinski definition) is 2. The average Bonchev–Trinajstić information content (AvgIpc) is 2.71. The summed E-state index contributed by atoms with van der Waals surface area (Å²) in [6.45, 7) is 5.70. The van der Waals surface area contributed by atoms with Crippen molar-refractivity contribution in [2.24, 2.45) is 0 Å². The fourth-order valence-electron chi connectivity index (χ4n) is 3.01. The third-order valence-electron chi connectivity index (χ3n) is 4.73. The lowest BCUT2D eigenvalue weighted by atomic mass is 9.84. The van der Waals surface area contributed by atoms with Crippen molar-refractivity contribution in [1.82, 2.24) is 5.32 Å². The predicted molar refractivity (Wildman–Crippen MR) is 105 cm³/mol. The van der Waals surface area contributed by atoms with Crippen molar-refractivity contribution in [3.05, 3.63) is 57.6 Å². The summed E-state index contributed by atoms with van der Waals surface area (Å²) in [5.74, 6) is 1.07. The van der Waals surface area contributed by atoms with Crippen molar-refractivity contribution < 1.29 is 19.2 Å². The van der Waals surface area contributed by atoms with E-state index in [-0.39, 0.29) is 22.6 Å². The van der Waals surface area contributed by atoms with Crippen LogP contribution in [0.5, 0.6) is 11.5 Å². The zero-order valence-corrected chi connectivity index (χ0v) is 16.1. The van der Waals surface area contributed by atoms with Gasteiger partial charge in [0, 0.05) is 36.8 Å². The van der Waals surface area contributed by atoms with E-state index in [0.29, 0.717) is 25.4 Å². The zero-order chi connectivity index (χ0) is 20.3. The summed E-state index contributed by atoms with van der Waals surface area (Å²) < 4.78 is 11.2. The van der Waals surface area contributed by atoms with E-state index in [1.54, 1.807) is 6.07 Å². The van der Waals surface area contributed by atoms with E-state index in [9.17, 15) is 14.9 Å². The number of rotatable bonds is 6. The number of anilines is 1. The molecule has 0 fully saturated rings. The average molecular weight is 385 g/mol. The third kappa shape index (κ3) is 4.00. The molecular formula is C20H23N3O5. The molecule has 0 aromatic heterocycles. The number of hydrogen-bond acceptors (Lipinski definition) is 6. The van der Waals surface area contributed by atoms with Gasteiger partial charge in [-0.15, -0.1) is 0 Å². The predicted octanol–water partition coefficient (Wildman–Crippen LogP) is 3.12. The first-order chi connectivity index (χ1) is 13.3. The van der Waals surface area contributed by atoms with E-state index < -0.39 is 4.92 Å². The maximum Gasteiger partial charge on any atom is 0.270 e. The summed E-state index contributed by atoms with van der Waals surface area (Å²) >= 11 is 0. The molecule has 1 aliphatic rings. The second-order valence-electron chi connectivity index (χ2n) is 7.16. The molecule has 1 aliphatic heterocycles. The minimum absolute atomic E-state index is 0.129. The Balaban J connectivity index is 1.82. The van der Waals surface area contributed by atoms with E-state index in [2.05, 4.69) is 24.5 Å². The smallest absolute Gasteiger partial charge is 0.270 e. The van der Waals surface area contributed by atoms with Crippen LogP contribution in [0.2, 0.25) is 0 Å². The summed E-state index contributed by atoms with van der Waals surface area (Å²) in [6, 6.07) is 10.1. The Hall–Kier alpha value is -3.29. The van der Waals surface area contributed by atoms with Crippen molar-refractivity contribution >= 4 is 17.3 Å². The van der Waals surface area contributed by atoms with Gasteiger partial charge in [-0.1, -0.05) is 19.9 Å². The first-order valence-corrected chi connectivity index (χ1v) is 8.96. The van der Waals surface area contributed by atoms with E-state index in [0.717, 1.165) is 17.1 Å². The van der Waals surface area contributed by atoms with Crippen molar-refractivity contribution in [3.8, 4) is 11.5 Å². The van der Waals surface area contributed by atoms with Gasteiger partial charge in [0.2, 0.25) is 0 Å². The number of ether oxygens (including phenoxy) is 2. The molecule has 0 bridgehead atoms. The molecule has 0 unspecified atom stereocenters. The fourth-order valence-corrected chi connectivity index (χ4v) is 3.01. The van der Waals surface area contributed by atoms with Crippen LogP contribution in [-0.4, -0.2) is 37.6 Å². The highest BCUT2D eigenvalue weighted by Crippen LogP contribution is 2.35. The molecule has 3 rings (SSSR count). The quantitative estimate of drug-likeness (QED) is 0.585. The maximum atomic E-state index is 12.2. The number of nitrogens with zero attached hydrogens (tertiary/aromatic N) is 1. The van der Waals surface area contributed by atoms with Crippen LogP contribution in [0.3, 0.4) is 0 Å². The molecule has 1 amide bonds. The first kappa shape index (κ1) is 19.5. The topological polar surface area (TPSA) is 103 Å². The van der Waals surface area contributed by atoms with E-state index in [1.807, 2.05) is 18.2 Å². The largest absolute Gasteiger partial charge is 0.486 e. The summed E-state index contributed by atoms with van der Waals surface area (Å²) in [4.78, 5) is 22.7. The van der Waals surface area contributed by atoms with Crippen LogP contribution in [0.4, 0.5) is 11.4 Å². The summed E-state index contributed by atoms with van der Waals surface area (Å²) in [5.41, 5.74) is 1.39. The normalized spacial score (nSPS) is 13.0. The number of nitrogens with one attached hydrogen (secondary N) is 2. The molecule has 2 aromatic rings. The molecule has 2 N–H and O–H groups in total. The second kappa shape index (κ2) is 7.75. The van der Waals surface area contributed by atoms with Gasteiger partial charge >= 0.3 is 0 Å². The van der Waals surface area contributed by atoms with Gasteiger partial charge in [0.05, 0.1) is 10.5 Å². The number of non-ortho nitro benzene ring substituents is 1. The molecule has 2 aromatic carbocycles. The number of benzene rings is 2. The van der Waals surface area contributed by atoms with Crippen LogP contribution in [0.15, 0.2) is 36.4 Å². The Morgan fingerprint density at radius 2 is 1.86 bits per heavy atom. The number of amides is 1. The van der Waals surface area contributed by atoms with Crippen molar-refractivity contribution in [3.63, 3.8) is 0 Å². The Kier molecular flexibility index (Phi) is 5.39. The molecule has 0 radical (unpaired) electrons. The standard InChI is InChI=1S/C20H23N3O5/c1-20(2,13-4-7-17-18(10-13)28-9-8-27-17)12-22-16-6-5-14(23(25)26)11-15(16)19(24)21-3/h4-7,10-11,22H,8-9,12H2,1-3H3,(H,21,24). The monoisotopic (exact) mass is 385 g/mol. The maximum absolute atomic E-state index is 12.2. The van der Waals surface area contributed by atoms with Crippen LogP contribution < -0.4 is 20.1 Å². The molecule has 0 saturated heterocycles. The van der Waals surface area contributed by atoms with E-state index >= 15 is 0 Å². The van der Waals surface area contributed by atoms with Gasteiger partial charge in [-0.05, 0) is 23.8 Å². The molecular weight excluding hydrogens is 362 g/mol. The van der Waals surface area contributed by atoms with Gasteiger partial charge in [-0.2, -0.15) is 0 Å². The molecule has 0 atom stereocenters. The molecule has 0 saturated carbocycles. The Bertz CT molecular complexity index is 911. The number of nitro benzene ring substituents is 1. The summed E-state index contributed by atoms with van der Waals surface area (Å²) in [5, 5.41) is 16.8. The highest BCUT2D eigenvalue weighted by Gasteiger charge is 2.24. The van der Waals surface area contributed by atoms with Crippen LogP contribution in [0.25, 0.3) is 0 Å². The molecule has 0 spiro atoms. The van der Waals surface area contributed by atoms with Crippen molar-refractivity contribution in [2.75, 3.05) is 32.1 Å². The molecule has 8 heteroatoms. The highest BCUT2D eigenvalue weighted by atomic mass is 16.6. The van der Waals surface area contributed by atoms with Gasteiger partial charge in [0.25, 0.3) is 11.6 Å². The SMILES string of the molecule is CNC(=O)c1cc([N+](=O)[O-])ccc1NCC(C)(C)c1ccc2c(c1)OCCO2. The van der Waals surface area contributed by atoms with Crippen LogP contribution >= 0.6 is 0 Å². The van der Waals surface area contributed by atoms with Crippen LogP contribution in [0.1, 0.15) is 29.8 Å². The lowest BCUT2D eigenvalue weighted by Crippen LogP contribution is -2.29. The molecule has 148 valence electrons. The second-order valence-corrected chi connectivity index (χ2v) is 7.16. The number of fused-ring (bicyclic) bond motifs is 1. The van der Waals surface area contributed by atoms with Gasteiger partial charge in [0.1, 0.15) is 13.2 Å². The molecule has 1 heterocycles. The van der Waals surface area contributed by atoms with Crippen LogP contribution in [-0.2, 0) is 5.41 Å².